The highest BCUT2D eigenvalue weighted by Crippen LogP contribution is 2.24. The van der Waals surface area contributed by atoms with Crippen molar-refractivity contribution in [3.05, 3.63) is 36.4 Å². The lowest BCUT2D eigenvalue weighted by atomic mass is 10.2. The van der Waals surface area contributed by atoms with Gasteiger partial charge in [-0.3, -0.25) is 14.3 Å². The molecule has 4 amide bonds. The first-order valence-electron chi connectivity index (χ1n) is 8.45. The summed E-state index contributed by atoms with van der Waals surface area (Å²) in [5.41, 5.74) is 6.48. The maximum absolute atomic E-state index is 14.2. The molecule has 0 radical (unpaired) electrons. The molecule has 0 bridgehead atoms. The van der Waals surface area contributed by atoms with E-state index < -0.39 is 17.9 Å². The monoisotopic (exact) mass is 419 g/mol. The van der Waals surface area contributed by atoms with Crippen molar-refractivity contribution in [1.29, 1.82) is 0 Å². The van der Waals surface area contributed by atoms with E-state index in [1.807, 2.05) is 0 Å². The number of carbonyl (C=O) groups is 2. The van der Waals surface area contributed by atoms with Gasteiger partial charge in [0.15, 0.2) is 0 Å². The molecule has 2 aromatic rings. The highest BCUT2D eigenvalue weighted by atomic mass is 31.0. The molecule has 5 N–H and O–H groups in total. The molecule has 11 nitrogen and oxygen atoms in total. The van der Waals surface area contributed by atoms with Crippen LogP contribution in [0.2, 0.25) is 0 Å². The number of nitrogens with one attached hydrogen (secondary N) is 3. The largest absolute Gasteiger partial charge is 0.387 e. The third-order valence-electron chi connectivity index (χ3n) is 3.83. The van der Waals surface area contributed by atoms with Crippen LogP contribution in [0.15, 0.2) is 40.6 Å². The Kier molecular flexibility index (Phi) is 6.35. The van der Waals surface area contributed by atoms with Crippen molar-refractivity contribution >= 4 is 50.7 Å². The summed E-state index contributed by atoms with van der Waals surface area (Å²) in [4.78, 5) is 33.8. The molecule has 1 aromatic heterocycles. The zero-order valence-corrected chi connectivity index (χ0v) is 16.3. The second-order valence-corrected chi connectivity index (χ2v) is 6.44. The van der Waals surface area contributed by atoms with Gasteiger partial charge in [0, 0.05) is 18.7 Å². The molecule has 0 fully saturated rings. The molecule has 29 heavy (non-hydrogen) atoms. The van der Waals surface area contributed by atoms with Crippen LogP contribution >= 0.6 is 9.39 Å². The third kappa shape index (κ3) is 5.48. The molecule has 0 saturated carbocycles. The Bertz CT molecular complexity index is 975. The average molecular weight is 419 g/mol. The fourth-order valence-corrected chi connectivity index (χ4v) is 2.69. The Morgan fingerprint density at radius 1 is 1.34 bits per heavy atom. The first-order chi connectivity index (χ1) is 13.9. The number of carbonyl (C=O) groups excluding carboxylic acids is 2. The predicted molar refractivity (Wildman–Crippen MR) is 112 cm³/mol. The van der Waals surface area contributed by atoms with Crippen molar-refractivity contribution in [3.63, 3.8) is 0 Å². The summed E-state index contributed by atoms with van der Waals surface area (Å²) in [7, 11) is 2.32. The molecule has 1 atom stereocenters. The third-order valence-corrected chi connectivity index (χ3v) is 4.12. The Balaban J connectivity index is 1.77. The van der Waals surface area contributed by atoms with Crippen LogP contribution in [-0.2, 0) is 0 Å². The standard InChI is InChI=1S/C16H19FN9O2P/c17-12-2-1-11(25-4-3-14(18)20-8-19-9-21-16(25)28)5-13(12)24-15(27)23-10-6-22-26(29)7-10/h1-2,5-8H,3-4,9,29H2,(H,21,28)(H2,18,19,20)(H2,23,24,27). The first-order valence-corrected chi connectivity index (χ1v) is 8.97. The average Bonchev–Trinajstić information content (AvgIpc) is 3.08. The summed E-state index contributed by atoms with van der Waals surface area (Å²) in [5.74, 6) is -0.347. The highest BCUT2D eigenvalue weighted by molar-refractivity contribution is 7.14. The maximum Gasteiger partial charge on any atom is 0.323 e. The second kappa shape index (κ2) is 9.11. The van der Waals surface area contributed by atoms with Crippen LogP contribution in [0, 0.1) is 5.82 Å². The molecule has 1 unspecified atom stereocenters. The van der Waals surface area contributed by atoms with Crippen LogP contribution in [-0.4, -0.2) is 47.0 Å². The number of benzene rings is 1. The molecule has 2 heterocycles. The number of rotatable bonds is 3. The SMILES string of the molecule is NC1=N/C=N\CNC(=O)N(c2ccc(F)c(NC(=O)Nc3cnn(P)c3)c2)CC1. The molecular weight excluding hydrogens is 400 g/mol. The molecule has 0 aliphatic carbocycles. The van der Waals surface area contributed by atoms with Crippen LogP contribution in [0.25, 0.3) is 0 Å². The van der Waals surface area contributed by atoms with Crippen LogP contribution in [0.4, 0.5) is 31.0 Å². The molecule has 0 spiro atoms. The lowest BCUT2D eigenvalue weighted by Crippen LogP contribution is -2.42. The summed E-state index contributed by atoms with van der Waals surface area (Å²) in [6, 6.07) is 2.85. The first kappa shape index (κ1) is 20.2. The van der Waals surface area contributed by atoms with Crippen LogP contribution in [0.5, 0.6) is 0 Å². The number of amidine groups is 1. The number of nitrogens with two attached hydrogens (primary N) is 1. The summed E-state index contributed by atoms with van der Waals surface area (Å²) in [5, 5.41) is 11.5. The van der Waals surface area contributed by atoms with E-state index in [4.69, 9.17) is 5.73 Å². The van der Waals surface area contributed by atoms with E-state index in [2.05, 4.69) is 40.4 Å². The number of urea groups is 2. The molecule has 13 heteroatoms. The van der Waals surface area contributed by atoms with Crippen molar-refractivity contribution in [2.45, 2.75) is 6.42 Å². The minimum Gasteiger partial charge on any atom is -0.387 e. The van der Waals surface area contributed by atoms with Crippen molar-refractivity contribution in [1.82, 2.24) is 14.9 Å². The molecule has 0 saturated heterocycles. The molecule has 1 aromatic carbocycles. The summed E-state index contributed by atoms with van der Waals surface area (Å²) >= 11 is 0. The molecule has 1 aliphatic rings. The molecule has 152 valence electrons. The van der Waals surface area contributed by atoms with Crippen molar-refractivity contribution in [3.8, 4) is 0 Å². The zero-order chi connectivity index (χ0) is 20.8. The van der Waals surface area contributed by atoms with Gasteiger partial charge in [0.05, 0.1) is 23.8 Å². The summed E-state index contributed by atoms with van der Waals surface area (Å²) < 4.78 is 15.7. The topological polar surface area (TPSA) is 142 Å². The minimum absolute atomic E-state index is 0.0181. The van der Waals surface area contributed by atoms with Crippen molar-refractivity contribution in [2.75, 3.05) is 28.7 Å². The molecular formula is C16H19FN9O2P. The number of halogens is 1. The Hall–Kier alpha value is -3.53. The fraction of sp³-hybridized carbons (Fsp3) is 0.188. The minimum atomic E-state index is -0.657. The molecule has 3 rings (SSSR count). The lowest BCUT2D eigenvalue weighted by molar-refractivity contribution is 0.246. The maximum atomic E-state index is 14.2. The smallest absolute Gasteiger partial charge is 0.323 e. The zero-order valence-electron chi connectivity index (χ0n) is 15.2. The second-order valence-electron chi connectivity index (χ2n) is 5.91. The number of hydrogen-bond acceptors (Lipinski definition) is 6. The van der Waals surface area contributed by atoms with Gasteiger partial charge in [0.25, 0.3) is 0 Å². The van der Waals surface area contributed by atoms with Gasteiger partial charge >= 0.3 is 12.1 Å². The van der Waals surface area contributed by atoms with Gasteiger partial charge in [-0.1, -0.05) is 0 Å². The van der Waals surface area contributed by atoms with Crippen molar-refractivity contribution in [2.24, 2.45) is 15.7 Å². The number of amides is 4. The predicted octanol–water partition coefficient (Wildman–Crippen LogP) is 1.57. The lowest BCUT2D eigenvalue weighted by Gasteiger charge is -2.24. The van der Waals surface area contributed by atoms with Gasteiger partial charge in [-0.15, -0.1) is 0 Å². The van der Waals surface area contributed by atoms with Gasteiger partial charge < -0.3 is 21.7 Å². The normalized spacial score (nSPS) is 15.9. The Labute approximate surface area is 167 Å². The quantitative estimate of drug-likeness (QED) is 0.560. The van der Waals surface area contributed by atoms with Gasteiger partial charge in [0.1, 0.15) is 24.7 Å². The summed E-state index contributed by atoms with van der Waals surface area (Å²) in [6.07, 6.45) is 4.56. The van der Waals surface area contributed by atoms with E-state index in [9.17, 15) is 14.0 Å². The van der Waals surface area contributed by atoms with Crippen LogP contribution in [0.3, 0.4) is 0 Å². The molecule has 1 aliphatic heterocycles. The fourth-order valence-electron chi connectivity index (χ4n) is 2.47. The van der Waals surface area contributed by atoms with Gasteiger partial charge in [-0.2, -0.15) is 5.10 Å². The number of hydrogen-bond donors (Lipinski definition) is 4. The highest BCUT2D eigenvalue weighted by Gasteiger charge is 2.18. The van der Waals surface area contributed by atoms with Gasteiger partial charge in [0.2, 0.25) is 0 Å². The number of aromatic nitrogens is 2. The van der Waals surface area contributed by atoms with E-state index in [1.165, 1.54) is 34.0 Å². The number of nitrogens with zero attached hydrogens (tertiary/aromatic N) is 5. The van der Waals surface area contributed by atoms with E-state index >= 15 is 0 Å². The van der Waals surface area contributed by atoms with Crippen LogP contribution < -0.4 is 26.6 Å². The van der Waals surface area contributed by atoms with E-state index in [-0.39, 0.29) is 18.9 Å². The van der Waals surface area contributed by atoms with E-state index in [0.29, 0.717) is 23.6 Å². The number of aliphatic imine (C=N–C) groups is 2. The Morgan fingerprint density at radius 2 is 2.17 bits per heavy atom. The van der Waals surface area contributed by atoms with Crippen LogP contribution in [0.1, 0.15) is 6.42 Å². The van der Waals surface area contributed by atoms with E-state index in [1.54, 1.807) is 6.20 Å². The van der Waals surface area contributed by atoms with E-state index in [0.717, 1.165) is 6.07 Å². The van der Waals surface area contributed by atoms with Crippen molar-refractivity contribution < 1.29 is 14.0 Å². The van der Waals surface area contributed by atoms with Gasteiger partial charge in [-0.05, 0) is 27.6 Å². The number of anilines is 3. The Morgan fingerprint density at radius 3 is 2.93 bits per heavy atom. The van der Waals surface area contributed by atoms with Gasteiger partial charge in [-0.25, -0.2) is 19.0 Å². The summed E-state index contributed by atoms with van der Waals surface area (Å²) in [6.45, 7) is 0.226.